The van der Waals surface area contributed by atoms with E-state index in [0.29, 0.717) is 5.82 Å². The van der Waals surface area contributed by atoms with Crippen molar-refractivity contribution in [2.24, 2.45) is 0 Å². The molecule has 2 heterocycles. The first-order valence-corrected chi connectivity index (χ1v) is 6.53. The van der Waals surface area contributed by atoms with Gasteiger partial charge in [-0.25, -0.2) is 4.98 Å². The Morgan fingerprint density at radius 1 is 1.20 bits per heavy atom. The zero-order valence-electron chi connectivity index (χ0n) is 11.2. The van der Waals surface area contributed by atoms with Gasteiger partial charge in [0.1, 0.15) is 5.82 Å². The number of aromatic nitrogens is 4. The molecule has 0 radical (unpaired) electrons. The second kappa shape index (κ2) is 4.80. The quantitative estimate of drug-likeness (QED) is 0.758. The number of nitrogen functional groups attached to an aromatic ring is 2. The average Bonchev–Trinajstić information content (AvgIpc) is 2.82. The fourth-order valence-electron chi connectivity index (χ4n) is 2.26. The summed E-state index contributed by atoms with van der Waals surface area (Å²) in [6, 6.07) is 6.08. The first-order valence-electron chi connectivity index (χ1n) is 6.53. The van der Waals surface area contributed by atoms with Gasteiger partial charge in [0.15, 0.2) is 0 Å². The molecule has 0 aliphatic heterocycles. The maximum absolute atomic E-state index is 5.92. The minimum absolute atomic E-state index is 0.184. The van der Waals surface area contributed by atoms with Gasteiger partial charge in [0.25, 0.3) is 0 Å². The lowest BCUT2D eigenvalue weighted by atomic mass is 10.1. The number of anilines is 2. The van der Waals surface area contributed by atoms with Gasteiger partial charge in [0, 0.05) is 23.7 Å². The number of hydrogen-bond acceptors (Lipinski definition) is 5. The summed E-state index contributed by atoms with van der Waals surface area (Å²) in [7, 11) is 0. The van der Waals surface area contributed by atoms with E-state index in [1.54, 1.807) is 6.20 Å². The van der Waals surface area contributed by atoms with Gasteiger partial charge < -0.3 is 11.5 Å². The van der Waals surface area contributed by atoms with E-state index in [0.717, 1.165) is 35.0 Å². The van der Waals surface area contributed by atoms with E-state index in [4.69, 9.17) is 11.5 Å². The molecule has 0 bridgehead atoms. The molecule has 0 saturated heterocycles. The predicted molar refractivity (Wildman–Crippen MR) is 79.9 cm³/mol. The predicted octanol–water partition coefficient (Wildman–Crippen LogP) is 2.07. The Balaban J connectivity index is 2.14. The van der Waals surface area contributed by atoms with Crippen molar-refractivity contribution in [2.45, 2.75) is 19.9 Å². The Kier molecular flexibility index (Phi) is 2.98. The molecule has 0 amide bonds. The van der Waals surface area contributed by atoms with Crippen LogP contribution in [0.5, 0.6) is 0 Å². The molecule has 0 aliphatic carbocycles. The lowest BCUT2D eigenvalue weighted by molar-refractivity contribution is 0.622. The van der Waals surface area contributed by atoms with Crippen LogP contribution in [0.3, 0.4) is 0 Å². The van der Waals surface area contributed by atoms with Crippen LogP contribution in [-0.2, 0) is 6.54 Å². The zero-order valence-corrected chi connectivity index (χ0v) is 11.2. The van der Waals surface area contributed by atoms with Gasteiger partial charge in [0.05, 0.1) is 11.7 Å². The fraction of sp³-hybridized carbons (Fsp3) is 0.214. The summed E-state index contributed by atoms with van der Waals surface area (Å²) in [6.45, 7) is 3.02. The molecule has 3 rings (SSSR count). The first kappa shape index (κ1) is 12.4. The van der Waals surface area contributed by atoms with Gasteiger partial charge in [-0.3, -0.25) is 4.68 Å². The Morgan fingerprint density at radius 2 is 2.05 bits per heavy atom. The molecular formula is C14H16N6. The van der Waals surface area contributed by atoms with Crippen LogP contribution in [0, 0.1) is 0 Å². The van der Waals surface area contributed by atoms with E-state index in [1.165, 1.54) is 0 Å². The third-order valence-corrected chi connectivity index (χ3v) is 3.23. The summed E-state index contributed by atoms with van der Waals surface area (Å²) in [5.41, 5.74) is 14.3. The Hall–Kier alpha value is -2.63. The lowest BCUT2D eigenvalue weighted by Crippen LogP contribution is -2.01. The molecule has 0 aliphatic rings. The molecule has 4 N–H and O–H groups in total. The molecule has 6 nitrogen and oxygen atoms in total. The monoisotopic (exact) mass is 268 g/mol. The Labute approximate surface area is 116 Å². The highest BCUT2D eigenvalue weighted by atomic mass is 15.3. The lowest BCUT2D eigenvalue weighted by Gasteiger charge is -2.06. The maximum atomic E-state index is 5.92. The molecule has 20 heavy (non-hydrogen) atoms. The molecule has 0 unspecified atom stereocenters. The highest BCUT2D eigenvalue weighted by Crippen LogP contribution is 2.27. The van der Waals surface area contributed by atoms with Gasteiger partial charge in [-0.05, 0) is 18.1 Å². The molecular weight excluding hydrogens is 252 g/mol. The summed E-state index contributed by atoms with van der Waals surface area (Å²) >= 11 is 0. The zero-order chi connectivity index (χ0) is 14.1. The molecule has 1 aromatic carbocycles. The van der Waals surface area contributed by atoms with Crippen LogP contribution in [0.2, 0.25) is 0 Å². The van der Waals surface area contributed by atoms with Crippen LogP contribution < -0.4 is 11.5 Å². The van der Waals surface area contributed by atoms with Gasteiger partial charge in [-0.2, -0.15) is 10.1 Å². The van der Waals surface area contributed by atoms with Crippen molar-refractivity contribution in [3.05, 3.63) is 30.6 Å². The first-order chi connectivity index (χ1) is 9.69. The Morgan fingerprint density at radius 3 is 2.80 bits per heavy atom. The third-order valence-electron chi connectivity index (χ3n) is 3.23. The second-order valence-electron chi connectivity index (χ2n) is 4.67. The van der Waals surface area contributed by atoms with E-state index in [2.05, 4.69) is 28.1 Å². The van der Waals surface area contributed by atoms with Crippen molar-refractivity contribution >= 4 is 22.7 Å². The van der Waals surface area contributed by atoms with Gasteiger partial charge in [-0.1, -0.05) is 19.1 Å². The SMILES string of the molecule is CCCn1ncc2ccc(-c3cnc(N)nc3N)cc21. The summed E-state index contributed by atoms with van der Waals surface area (Å²) in [5.74, 6) is 0.571. The topological polar surface area (TPSA) is 95.6 Å². The number of aryl methyl sites for hydroxylation is 1. The van der Waals surface area contributed by atoms with Crippen molar-refractivity contribution in [3.63, 3.8) is 0 Å². The van der Waals surface area contributed by atoms with Crippen molar-refractivity contribution < 1.29 is 0 Å². The summed E-state index contributed by atoms with van der Waals surface area (Å²) in [4.78, 5) is 8.01. The average molecular weight is 268 g/mol. The minimum Gasteiger partial charge on any atom is -0.383 e. The number of hydrogen-bond donors (Lipinski definition) is 2. The van der Waals surface area contributed by atoms with E-state index in [-0.39, 0.29) is 5.95 Å². The van der Waals surface area contributed by atoms with Crippen molar-refractivity contribution in [1.29, 1.82) is 0 Å². The highest BCUT2D eigenvalue weighted by molar-refractivity contribution is 5.86. The number of fused-ring (bicyclic) bond motifs is 1. The van der Waals surface area contributed by atoms with Crippen LogP contribution in [0.4, 0.5) is 11.8 Å². The fourth-order valence-corrected chi connectivity index (χ4v) is 2.26. The van der Waals surface area contributed by atoms with Crippen LogP contribution in [-0.4, -0.2) is 19.7 Å². The van der Waals surface area contributed by atoms with E-state index >= 15 is 0 Å². The molecule has 0 atom stereocenters. The maximum Gasteiger partial charge on any atom is 0.221 e. The largest absolute Gasteiger partial charge is 0.383 e. The van der Waals surface area contributed by atoms with Crippen LogP contribution in [0.25, 0.3) is 22.0 Å². The number of benzene rings is 1. The Bertz CT molecular complexity index is 761. The standard InChI is InChI=1S/C14H16N6/c1-2-5-20-12-6-9(3-4-10(12)7-18-20)11-8-17-14(16)19-13(11)15/h3-4,6-8H,2,5H2,1H3,(H4,15,16,17,19). The summed E-state index contributed by atoms with van der Waals surface area (Å²) < 4.78 is 1.99. The molecule has 2 aromatic heterocycles. The van der Waals surface area contributed by atoms with Crippen molar-refractivity contribution in [3.8, 4) is 11.1 Å². The van der Waals surface area contributed by atoms with Gasteiger partial charge in [-0.15, -0.1) is 0 Å². The second-order valence-corrected chi connectivity index (χ2v) is 4.67. The summed E-state index contributed by atoms with van der Waals surface area (Å²) in [6.07, 6.45) is 4.56. The number of nitrogens with zero attached hydrogens (tertiary/aromatic N) is 4. The molecule has 6 heteroatoms. The van der Waals surface area contributed by atoms with Crippen LogP contribution in [0.1, 0.15) is 13.3 Å². The molecule has 0 spiro atoms. The highest BCUT2D eigenvalue weighted by Gasteiger charge is 2.08. The molecule has 102 valence electrons. The van der Waals surface area contributed by atoms with E-state index < -0.39 is 0 Å². The smallest absolute Gasteiger partial charge is 0.221 e. The van der Waals surface area contributed by atoms with E-state index in [9.17, 15) is 0 Å². The number of rotatable bonds is 3. The van der Waals surface area contributed by atoms with Crippen molar-refractivity contribution in [2.75, 3.05) is 11.5 Å². The normalized spacial score (nSPS) is 11.1. The molecule has 3 aromatic rings. The summed E-state index contributed by atoms with van der Waals surface area (Å²) in [5, 5.41) is 5.50. The van der Waals surface area contributed by atoms with Crippen LogP contribution in [0.15, 0.2) is 30.6 Å². The number of nitrogens with two attached hydrogens (primary N) is 2. The molecule has 0 fully saturated rings. The van der Waals surface area contributed by atoms with Gasteiger partial charge in [0.2, 0.25) is 5.95 Å². The van der Waals surface area contributed by atoms with E-state index in [1.807, 2.05) is 23.0 Å². The van der Waals surface area contributed by atoms with Crippen molar-refractivity contribution in [1.82, 2.24) is 19.7 Å². The van der Waals surface area contributed by atoms with Crippen LogP contribution >= 0.6 is 0 Å². The molecule has 0 saturated carbocycles. The minimum atomic E-state index is 0.184. The van der Waals surface area contributed by atoms with Gasteiger partial charge >= 0.3 is 0 Å². The third kappa shape index (κ3) is 2.05.